The Morgan fingerprint density at radius 3 is 2.33 bits per heavy atom. The fourth-order valence-electron chi connectivity index (χ4n) is 1.04. The Balaban J connectivity index is 2.96. The second-order valence-corrected chi connectivity index (χ2v) is 2.81. The number of hydrogen-bond acceptors (Lipinski definition) is 1. The molecule has 0 aromatic carbocycles. The summed E-state index contributed by atoms with van der Waals surface area (Å²) in [6.07, 6.45) is 12.7. The van der Waals surface area contributed by atoms with Gasteiger partial charge in [0.1, 0.15) is 0 Å². The first kappa shape index (κ1) is 11.0. The number of unbranched alkanes of at least 4 members (excludes halogenated alkanes) is 5. The normalized spacial score (nSPS) is 9.92. The van der Waals surface area contributed by atoms with Crippen molar-refractivity contribution in [2.45, 2.75) is 38.5 Å². The molecule has 0 unspecified atom stereocenters. The van der Waals surface area contributed by atoms with Crippen LogP contribution in [0, 0.1) is 11.3 Å². The van der Waals surface area contributed by atoms with Crippen LogP contribution in [0.1, 0.15) is 38.5 Å². The summed E-state index contributed by atoms with van der Waals surface area (Å²) in [4.78, 5) is 0. The molecule has 0 aromatic rings. The van der Waals surface area contributed by atoms with Crippen molar-refractivity contribution in [3.05, 3.63) is 24.8 Å². The van der Waals surface area contributed by atoms with Gasteiger partial charge >= 0.3 is 0 Å². The average molecular weight is 163 g/mol. The van der Waals surface area contributed by atoms with Crippen molar-refractivity contribution in [1.82, 2.24) is 0 Å². The molecule has 12 heavy (non-hydrogen) atoms. The number of nitrogens with zero attached hydrogens (tertiary/aromatic N) is 1. The molecule has 66 valence electrons. The monoisotopic (exact) mass is 163 g/mol. The van der Waals surface area contributed by atoms with Crippen molar-refractivity contribution >= 4 is 0 Å². The molecule has 0 N–H and O–H groups in total. The number of hydrogen-bond donors (Lipinski definition) is 0. The van der Waals surface area contributed by atoms with Crippen LogP contribution in [0.5, 0.6) is 0 Å². The first-order valence-electron chi connectivity index (χ1n) is 4.57. The second-order valence-electron chi connectivity index (χ2n) is 2.81. The Bertz CT molecular complexity index is 162. The van der Waals surface area contributed by atoms with Gasteiger partial charge in [0, 0.05) is 6.08 Å². The Hall–Kier alpha value is -1.03. The number of nitriles is 1. The van der Waals surface area contributed by atoms with Gasteiger partial charge < -0.3 is 0 Å². The lowest BCUT2D eigenvalue weighted by Crippen LogP contribution is -1.76. The zero-order valence-electron chi connectivity index (χ0n) is 7.63. The third-order valence-electron chi connectivity index (χ3n) is 1.72. The van der Waals surface area contributed by atoms with Gasteiger partial charge in [-0.3, -0.25) is 0 Å². The molecule has 0 aromatic heterocycles. The van der Waals surface area contributed by atoms with Gasteiger partial charge in [-0.25, -0.2) is 0 Å². The highest BCUT2D eigenvalue weighted by Crippen LogP contribution is 2.05. The third kappa shape index (κ3) is 8.97. The van der Waals surface area contributed by atoms with E-state index in [1.165, 1.54) is 25.7 Å². The van der Waals surface area contributed by atoms with E-state index in [0.29, 0.717) is 0 Å². The molecular formula is C11H17N. The first-order chi connectivity index (χ1) is 5.91. The van der Waals surface area contributed by atoms with E-state index in [4.69, 9.17) is 5.26 Å². The molecule has 0 heterocycles. The van der Waals surface area contributed by atoms with Crippen molar-refractivity contribution in [3.8, 4) is 6.07 Å². The van der Waals surface area contributed by atoms with Crippen LogP contribution in [-0.4, -0.2) is 0 Å². The van der Waals surface area contributed by atoms with E-state index >= 15 is 0 Å². The van der Waals surface area contributed by atoms with Gasteiger partial charge in [0.25, 0.3) is 0 Å². The second kappa shape index (κ2) is 9.97. The maximum absolute atomic E-state index is 8.19. The Kier molecular flexibility index (Phi) is 9.11. The van der Waals surface area contributed by atoms with Crippen LogP contribution in [-0.2, 0) is 0 Å². The molecule has 0 spiro atoms. The van der Waals surface area contributed by atoms with Crippen molar-refractivity contribution in [1.29, 1.82) is 5.26 Å². The van der Waals surface area contributed by atoms with Gasteiger partial charge in [-0.1, -0.05) is 25.0 Å². The van der Waals surface area contributed by atoms with Crippen LogP contribution in [0.2, 0.25) is 0 Å². The van der Waals surface area contributed by atoms with Gasteiger partial charge in [0.05, 0.1) is 6.07 Å². The maximum atomic E-state index is 8.19. The minimum absolute atomic E-state index is 1.04. The van der Waals surface area contributed by atoms with Crippen molar-refractivity contribution < 1.29 is 0 Å². The van der Waals surface area contributed by atoms with E-state index in [1.807, 2.05) is 18.2 Å². The van der Waals surface area contributed by atoms with Crippen LogP contribution >= 0.6 is 0 Å². The van der Waals surface area contributed by atoms with E-state index in [-0.39, 0.29) is 0 Å². The lowest BCUT2D eigenvalue weighted by Gasteiger charge is -1.95. The van der Waals surface area contributed by atoms with Gasteiger partial charge in [0.15, 0.2) is 0 Å². The van der Waals surface area contributed by atoms with Crippen molar-refractivity contribution in [2.75, 3.05) is 0 Å². The molecule has 0 fully saturated rings. The third-order valence-corrected chi connectivity index (χ3v) is 1.72. The van der Waals surface area contributed by atoms with Crippen molar-refractivity contribution in [3.63, 3.8) is 0 Å². The van der Waals surface area contributed by atoms with Gasteiger partial charge in [-0.05, 0) is 25.7 Å². The molecule has 0 atom stereocenters. The molecule has 0 aliphatic carbocycles. The maximum Gasteiger partial charge on any atom is 0.0908 e. The SMILES string of the molecule is C=CCCCCCC/C=C\C#N. The lowest BCUT2D eigenvalue weighted by atomic mass is 10.1. The highest BCUT2D eigenvalue weighted by atomic mass is 14.2. The smallest absolute Gasteiger partial charge is 0.0908 e. The Morgan fingerprint density at radius 2 is 1.75 bits per heavy atom. The number of allylic oxidation sites excluding steroid dienone is 3. The van der Waals surface area contributed by atoms with Crippen LogP contribution in [0.4, 0.5) is 0 Å². The molecule has 0 saturated carbocycles. The van der Waals surface area contributed by atoms with Gasteiger partial charge in [-0.2, -0.15) is 5.26 Å². The van der Waals surface area contributed by atoms with Crippen LogP contribution < -0.4 is 0 Å². The van der Waals surface area contributed by atoms with E-state index in [0.717, 1.165) is 12.8 Å². The molecule has 0 rings (SSSR count). The molecule has 0 radical (unpaired) electrons. The molecule has 1 nitrogen and oxygen atoms in total. The van der Waals surface area contributed by atoms with Crippen LogP contribution in [0.25, 0.3) is 0 Å². The molecular weight excluding hydrogens is 146 g/mol. The molecule has 1 heteroatoms. The van der Waals surface area contributed by atoms with E-state index in [1.54, 1.807) is 6.08 Å². The summed E-state index contributed by atoms with van der Waals surface area (Å²) in [5.41, 5.74) is 0. The summed E-state index contributed by atoms with van der Waals surface area (Å²) < 4.78 is 0. The fourth-order valence-corrected chi connectivity index (χ4v) is 1.04. The summed E-state index contributed by atoms with van der Waals surface area (Å²) in [7, 11) is 0. The van der Waals surface area contributed by atoms with E-state index in [9.17, 15) is 0 Å². The van der Waals surface area contributed by atoms with Gasteiger partial charge in [0.2, 0.25) is 0 Å². The fraction of sp³-hybridized carbons (Fsp3) is 0.545. The number of rotatable bonds is 7. The van der Waals surface area contributed by atoms with Crippen LogP contribution in [0.15, 0.2) is 24.8 Å². The summed E-state index contributed by atoms with van der Waals surface area (Å²) >= 11 is 0. The zero-order valence-corrected chi connectivity index (χ0v) is 7.63. The summed E-state index contributed by atoms with van der Waals surface area (Å²) in [6, 6.07) is 1.99. The molecule has 0 amide bonds. The van der Waals surface area contributed by atoms with Gasteiger partial charge in [-0.15, -0.1) is 6.58 Å². The lowest BCUT2D eigenvalue weighted by molar-refractivity contribution is 0.652. The first-order valence-corrected chi connectivity index (χ1v) is 4.57. The van der Waals surface area contributed by atoms with Crippen molar-refractivity contribution in [2.24, 2.45) is 0 Å². The highest BCUT2D eigenvalue weighted by Gasteiger charge is 1.86. The predicted molar refractivity (Wildman–Crippen MR) is 52.7 cm³/mol. The Morgan fingerprint density at radius 1 is 1.08 bits per heavy atom. The molecule has 0 bridgehead atoms. The average Bonchev–Trinajstić information content (AvgIpc) is 2.10. The topological polar surface area (TPSA) is 23.8 Å². The summed E-state index contributed by atoms with van der Waals surface area (Å²) in [5.74, 6) is 0. The molecule has 0 aliphatic rings. The Labute approximate surface area is 75.4 Å². The largest absolute Gasteiger partial charge is 0.193 e. The standard InChI is InChI=1S/C11H17N/c1-2-3-4-5-6-7-8-9-10-11-12/h2,9-10H,1,3-8H2/b10-9-. The zero-order chi connectivity index (χ0) is 9.07. The highest BCUT2D eigenvalue weighted by molar-refractivity contribution is 5.01. The minimum Gasteiger partial charge on any atom is -0.193 e. The predicted octanol–water partition coefficient (Wildman–Crippen LogP) is 3.59. The van der Waals surface area contributed by atoms with Crippen LogP contribution in [0.3, 0.4) is 0 Å². The van der Waals surface area contributed by atoms with E-state index < -0.39 is 0 Å². The minimum atomic E-state index is 1.04. The quantitative estimate of drug-likeness (QED) is 0.319. The molecule has 0 aliphatic heterocycles. The summed E-state index contributed by atoms with van der Waals surface area (Å²) in [5, 5.41) is 8.19. The molecule has 0 saturated heterocycles. The summed E-state index contributed by atoms with van der Waals surface area (Å²) in [6.45, 7) is 3.67. The van der Waals surface area contributed by atoms with E-state index in [2.05, 4.69) is 6.58 Å².